The van der Waals surface area contributed by atoms with E-state index in [1.54, 1.807) is 25.7 Å². The Kier molecular flexibility index (Phi) is 3.24. The van der Waals surface area contributed by atoms with E-state index in [0.717, 1.165) is 29.7 Å². The molecule has 4 unspecified atom stereocenters. The van der Waals surface area contributed by atoms with Crippen LogP contribution < -0.4 is 5.32 Å². The number of nitrogens with one attached hydrogen (secondary N) is 1. The zero-order valence-electron chi connectivity index (χ0n) is 10.8. The van der Waals surface area contributed by atoms with Crippen LogP contribution in [0.5, 0.6) is 0 Å². The quantitative estimate of drug-likeness (QED) is 0.748. The van der Waals surface area contributed by atoms with Gasteiger partial charge >= 0.3 is 0 Å². The van der Waals surface area contributed by atoms with Gasteiger partial charge in [0.2, 0.25) is 0 Å². The van der Waals surface area contributed by atoms with Gasteiger partial charge in [0.25, 0.3) is 0 Å². The lowest BCUT2D eigenvalue weighted by atomic mass is 9.82. The summed E-state index contributed by atoms with van der Waals surface area (Å²) in [6.07, 6.45) is 12.1. The van der Waals surface area contributed by atoms with Gasteiger partial charge in [0, 0.05) is 6.04 Å². The molecule has 0 aliphatic heterocycles. The first-order valence-electron chi connectivity index (χ1n) is 7.54. The van der Waals surface area contributed by atoms with Crippen molar-refractivity contribution in [1.29, 1.82) is 0 Å². The summed E-state index contributed by atoms with van der Waals surface area (Å²) in [5.74, 6) is 4.25. The minimum Gasteiger partial charge on any atom is -0.314 e. The van der Waals surface area contributed by atoms with Gasteiger partial charge in [0.05, 0.1) is 0 Å². The first-order chi connectivity index (χ1) is 7.81. The van der Waals surface area contributed by atoms with Crippen LogP contribution in [0.1, 0.15) is 58.3 Å². The molecular formula is C15H27N. The van der Waals surface area contributed by atoms with Crippen molar-refractivity contribution in [3.8, 4) is 0 Å². The molecule has 0 aromatic carbocycles. The van der Waals surface area contributed by atoms with Gasteiger partial charge in [-0.2, -0.15) is 0 Å². The van der Waals surface area contributed by atoms with Crippen molar-refractivity contribution < 1.29 is 0 Å². The van der Waals surface area contributed by atoms with Crippen LogP contribution in [-0.4, -0.2) is 12.6 Å². The van der Waals surface area contributed by atoms with Crippen molar-refractivity contribution in [3.63, 3.8) is 0 Å². The molecule has 3 saturated carbocycles. The molecule has 1 N–H and O–H groups in total. The minimum atomic E-state index is 0.877. The van der Waals surface area contributed by atoms with Gasteiger partial charge in [-0.1, -0.05) is 19.8 Å². The molecule has 16 heavy (non-hydrogen) atoms. The molecule has 3 aliphatic carbocycles. The minimum absolute atomic E-state index is 0.877. The van der Waals surface area contributed by atoms with Crippen LogP contribution in [0.3, 0.4) is 0 Å². The molecule has 0 amide bonds. The second-order valence-electron chi connectivity index (χ2n) is 6.81. The van der Waals surface area contributed by atoms with Crippen molar-refractivity contribution in [2.24, 2.45) is 23.7 Å². The molecule has 0 aromatic heterocycles. The van der Waals surface area contributed by atoms with Gasteiger partial charge in [-0.25, -0.2) is 0 Å². The highest BCUT2D eigenvalue weighted by Crippen LogP contribution is 2.50. The van der Waals surface area contributed by atoms with E-state index in [4.69, 9.17) is 0 Å². The Balaban J connectivity index is 1.37. The van der Waals surface area contributed by atoms with Gasteiger partial charge in [0.1, 0.15) is 0 Å². The molecule has 3 aliphatic rings. The van der Waals surface area contributed by atoms with Gasteiger partial charge in [-0.15, -0.1) is 0 Å². The molecular weight excluding hydrogens is 194 g/mol. The van der Waals surface area contributed by atoms with Crippen molar-refractivity contribution in [1.82, 2.24) is 5.32 Å². The SMILES string of the molecule is CC(CNC1CCC1)CC1CC2CCC1C2. The predicted octanol–water partition coefficient (Wildman–Crippen LogP) is 3.59. The molecule has 3 fully saturated rings. The highest BCUT2D eigenvalue weighted by atomic mass is 14.9. The molecule has 2 bridgehead atoms. The predicted molar refractivity (Wildman–Crippen MR) is 68.4 cm³/mol. The molecule has 1 heteroatoms. The van der Waals surface area contributed by atoms with Crippen molar-refractivity contribution >= 4 is 0 Å². The van der Waals surface area contributed by atoms with Crippen molar-refractivity contribution in [3.05, 3.63) is 0 Å². The average molecular weight is 221 g/mol. The third-order valence-corrected chi connectivity index (χ3v) is 5.45. The molecule has 1 nitrogen and oxygen atoms in total. The fourth-order valence-electron chi connectivity index (χ4n) is 4.25. The molecule has 0 saturated heterocycles. The van der Waals surface area contributed by atoms with Crippen LogP contribution in [0.2, 0.25) is 0 Å². The third-order valence-electron chi connectivity index (χ3n) is 5.45. The fourth-order valence-corrected chi connectivity index (χ4v) is 4.25. The van der Waals surface area contributed by atoms with Gasteiger partial charge in [-0.3, -0.25) is 0 Å². The third kappa shape index (κ3) is 2.30. The summed E-state index contributed by atoms with van der Waals surface area (Å²) in [7, 11) is 0. The lowest BCUT2D eigenvalue weighted by molar-refractivity contribution is 0.254. The monoisotopic (exact) mass is 221 g/mol. The summed E-state index contributed by atoms with van der Waals surface area (Å²) < 4.78 is 0. The number of fused-ring (bicyclic) bond motifs is 2. The van der Waals surface area contributed by atoms with Crippen molar-refractivity contribution in [2.45, 2.75) is 64.3 Å². The van der Waals surface area contributed by atoms with E-state index in [1.165, 1.54) is 32.2 Å². The Labute approximate surface area is 100 Å². The highest BCUT2D eigenvalue weighted by Gasteiger charge is 2.39. The average Bonchev–Trinajstić information content (AvgIpc) is 2.76. The normalized spacial score (nSPS) is 39.9. The summed E-state index contributed by atoms with van der Waals surface area (Å²) in [5, 5.41) is 3.74. The smallest absolute Gasteiger partial charge is 0.00671 e. The molecule has 0 aromatic rings. The number of rotatable bonds is 5. The first-order valence-corrected chi connectivity index (χ1v) is 7.54. The fraction of sp³-hybridized carbons (Fsp3) is 1.00. The Hall–Kier alpha value is -0.0400. The second kappa shape index (κ2) is 4.68. The van der Waals surface area contributed by atoms with Gasteiger partial charge in [-0.05, 0) is 68.7 Å². The van der Waals surface area contributed by atoms with Crippen LogP contribution in [0.4, 0.5) is 0 Å². The molecule has 92 valence electrons. The maximum absolute atomic E-state index is 3.74. The van der Waals surface area contributed by atoms with Crippen molar-refractivity contribution in [2.75, 3.05) is 6.54 Å². The Morgan fingerprint density at radius 1 is 1.12 bits per heavy atom. The van der Waals surface area contributed by atoms with E-state index in [1.807, 2.05) is 0 Å². The zero-order chi connectivity index (χ0) is 11.0. The zero-order valence-corrected chi connectivity index (χ0v) is 10.8. The summed E-state index contributed by atoms with van der Waals surface area (Å²) >= 11 is 0. The van der Waals surface area contributed by atoms with E-state index in [2.05, 4.69) is 12.2 Å². The molecule has 0 radical (unpaired) electrons. The van der Waals surface area contributed by atoms with Crippen LogP contribution >= 0.6 is 0 Å². The number of hydrogen-bond acceptors (Lipinski definition) is 1. The van der Waals surface area contributed by atoms with Crippen LogP contribution in [0.25, 0.3) is 0 Å². The first kappa shape index (κ1) is 11.1. The van der Waals surface area contributed by atoms with Gasteiger partial charge in [0.15, 0.2) is 0 Å². The van der Waals surface area contributed by atoms with Gasteiger partial charge < -0.3 is 5.32 Å². The topological polar surface area (TPSA) is 12.0 Å². The standard InChI is InChI=1S/C15H27N/c1-11(10-16-15-3-2-4-15)7-14-9-12-5-6-13(14)8-12/h11-16H,2-10H2,1H3. The summed E-state index contributed by atoms with van der Waals surface area (Å²) in [6.45, 7) is 3.73. The Morgan fingerprint density at radius 2 is 2.00 bits per heavy atom. The van der Waals surface area contributed by atoms with E-state index in [-0.39, 0.29) is 0 Å². The van der Waals surface area contributed by atoms with Crippen LogP contribution in [-0.2, 0) is 0 Å². The van der Waals surface area contributed by atoms with Crippen LogP contribution in [0, 0.1) is 23.7 Å². The van der Waals surface area contributed by atoms with E-state index >= 15 is 0 Å². The Bertz CT molecular complexity index is 234. The Morgan fingerprint density at radius 3 is 2.56 bits per heavy atom. The number of hydrogen-bond donors (Lipinski definition) is 1. The lowest BCUT2D eigenvalue weighted by Gasteiger charge is -2.30. The molecule has 4 atom stereocenters. The lowest BCUT2D eigenvalue weighted by Crippen LogP contribution is -2.38. The molecule has 0 spiro atoms. The maximum Gasteiger partial charge on any atom is 0.00671 e. The summed E-state index contributed by atoms with van der Waals surface area (Å²) in [4.78, 5) is 0. The maximum atomic E-state index is 3.74. The highest BCUT2D eigenvalue weighted by molar-refractivity contribution is 4.90. The molecule has 3 rings (SSSR count). The summed E-state index contributed by atoms with van der Waals surface area (Å²) in [6, 6.07) is 0.877. The van der Waals surface area contributed by atoms with E-state index in [0.29, 0.717) is 0 Å². The largest absolute Gasteiger partial charge is 0.314 e. The van der Waals surface area contributed by atoms with E-state index in [9.17, 15) is 0 Å². The van der Waals surface area contributed by atoms with E-state index < -0.39 is 0 Å². The second-order valence-corrected chi connectivity index (χ2v) is 6.81. The molecule has 0 heterocycles. The summed E-state index contributed by atoms with van der Waals surface area (Å²) in [5.41, 5.74) is 0. The van der Waals surface area contributed by atoms with Crippen LogP contribution in [0.15, 0.2) is 0 Å².